The maximum absolute atomic E-state index is 12.8. The molecule has 2 aliphatic carbocycles. The highest BCUT2D eigenvalue weighted by atomic mass is 19.1. The Morgan fingerprint density at radius 2 is 1.64 bits per heavy atom. The molecule has 0 N–H and O–H groups in total. The van der Waals surface area contributed by atoms with E-state index in [1.54, 1.807) is 29.8 Å². The summed E-state index contributed by atoms with van der Waals surface area (Å²) in [7, 11) is 0. The molecule has 1 unspecified atom stereocenters. The van der Waals surface area contributed by atoms with Gasteiger partial charge in [-0.25, -0.2) is 8.78 Å². The van der Waals surface area contributed by atoms with Crippen molar-refractivity contribution in [2.75, 3.05) is 0 Å². The summed E-state index contributed by atoms with van der Waals surface area (Å²) in [6.45, 7) is 20.3. The molecule has 0 amide bonds. The molecule has 4 rings (SSSR count). The molecule has 0 heterocycles. The molecule has 2 aromatic rings. The van der Waals surface area contributed by atoms with Crippen LogP contribution >= 0.6 is 0 Å². The predicted octanol–water partition coefficient (Wildman–Crippen LogP) is 10.5. The molecule has 3 heteroatoms. The Kier molecular flexibility index (Phi) is 16.0. The zero-order chi connectivity index (χ0) is 27.7. The third kappa shape index (κ3) is 9.94. The molecule has 0 radical (unpaired) electrons. The van der Waals surface area contributed by atoms with Crippen molar-refractivity contribution in [1.29, 1.82) is 5.26 Å². The summed E-state index contributed by atoms with van der Waals surface area (Å²) < 4.78 is 24.9. The fourth-order valence-corrected chi connectivity index (χ4v) is 4.25. The number of halogens is 2. The van der Waals surface area contributed by atoms with Gasteiger partial charge in [-0.15, -0.1) is 0 Å². The van der Waals surface area contributed by atoms with E-state index >= 15 is 0 Å². The molecular weight excluding hydrogens is 448 g/mol. The molecule has 1 saturated carbocycles. The van der Waals surface area contributed by atoms with E-state index < -0.39 is 5.82 Å². The van der Waals surface area contributed by atoms with Crippen molar-refractivity contribution in [3.8, 4) is 6.07 Å². The molecule has 0 spiro atoms. The predicted molar refractivity (Wildman–Crippen MR) is 152 cm³/mol. The van der Waals surface area contributed by atoms with E-state index in [4.69, 9.17) is 5.26 Å². The SMILES string of the molecule is C=CC1=C(C)C=C2CCCC2(C)C1.CC.CC.CCc1cccc(F)c1C#N.Cc1ccc(F)cc1. The van der Waals surface area contributed by atoms with Crippen LogP contribution in [0.5, 0.6) is 0 Å². The number of benzene rings is 2. The molecule has 1 fully saturated rings. The number of nitriles is 1. The van der Waals surface area contributed by atoms with Gasteiger partial charge in [0.05, 0.1) is 5.56 Å². The van der Waals surface area contributed by atoms with E-state index in [0.717, 1.165) is 11.1 Å². The van der Waals surface area contributed by atoms with Gasteiger partial charge in [-0.05, 0) is 86.3 Å². The summed E-state index contributed by atoms with van der Waals surface area (Å²) in [6.07, 6.45) is 10.4. The van der Waals surface area contributed by atoms with Crippen LogP contribution in [0.4, 0.5) is 8.78 Å². The van der Waals surface area contributed by atoms with Crippen LogP contribution in [0.25, 0.3) is 0 Å². The van der Waals surface area contributed by atoms with Gasteiger partial charge in [-0.1, -0.05) is 95.7 Å². The average molecular weight is 494 g/mol. The van der Waals surface area contributed by atoms with Crippen LogP contribution < -0.4 is 0 Å². The molecule has 36 heavy (non-hydrogen) atoms. The van der Waals surface area contributed by atoms with Crippen molar-refractivity contribution in [3.63, 3.8) is 0 Å². The number of allylic oxidation sites excluding steroid dienone is 5. The normalized spacial score (nSPS) is 17.1. The van der Waals surface area contributed by atoms with Crippen LogP contribution in [0.1, 0.15) is 90.8 Å². The van der Waals surface area contributed by atoms with Gasteiger partial charge in [-0.2, -0.15) is 5.26 Å². The largest absolute Gasteiger partial charge is 0.207 e. The Balaban J connectivity index is 0.000000488. The minimum Gasteiger partial charge on any atom is -0.207 e. The third-order valence-corrected chi connectivity index (χ3v) is 6.28. The van der Waals surface area contributed by atoms with Gasteiger partial charge < -0.3 is 0 Å². The lowest BCUT2D eigenvalue weighted by molar-refractivity contribution is 0.403. The molecule has 0 bridgehead atoms. The van der Waals surface area contributed by atoms with E-state index in [0.29, 0.717) is 11.8 Å². The number of rotatable bonds is 2. The van der Waals surface area contributed by atoms with Crippen molar-refractivity contribution < 1.29 is 8.78 Å². The van der Waals surface area contributed by atoms with Gasteiger partial charge in [0.25, 0.3) is 0 Å². The molecule has 2 aromatic carbocycles. The zero-order valence-electron chi connectivity index (χ0n) is 23.6. The summed E-state index contributed by atoms with van der Waals surface area (Å²) in [5, 5.41) is 8.54. The van der Waals surface area contributed by atoms with E-state index in [9.17, 15) is 8.78 Å². The molecule has 0 aromatic heterocycles. The van der Waals surface area contributed by atoms with Gasteiger partial charge in [0, 0.05) is 0 Å². The van der Waals surface area contributed by atoms with Gasteiger partial charge in [0.1, 0.15) is 17.7 Å². The molecule has 0 saturated heterocycles. The van der Waals surface area contributed by atoms with Crippen molar-refractivity contribution >= 4 is 0 Å². The Labute approximate surface area is 219 Å². The molecular formula is C33H45F2N. The molecule has 196 valence electrons. The lowest BCUT2D eigenvalue weighted by atomic mass is 9.74. The summed E-state index contributed by atoms with van der Waals surface area (Å²) in [4.78, 5) is 0. The number of aryl methyl sites for hydroxylation is 2. The average Bonchev–Trinajstić information content (AvgIpc) is 3.28. The third-order valence-electron chi connectivity index (χ3n) is 6.28. The van der Waals surface area contributed by atoms with Gasteiger partial charge >= 0.3 is 0 Å². The first-order chi connectivity index (χ1) is 17.2. The topological polar surface area (TPSA) is 23.8 Å². The second kappa shape index (κ2) is 17.4. The summed E-state index contributed by atoms with van der Waals surface area (Å²) in [6, 6.07) is 12.9. The second-order valence-electron chi connectivity index (χ2n) is 8.71. The fourth-order valence-electron chi connectivity index (χ4n) is 4.25. The Hall–Kier alpha value is -2.99. The monoisotopic (exact) mass is 493 g/mol. The Morgan fingerprint density at radius 1 is 1.03 bits per heavy atom. The van der Waals surface area contributed by atoms with E-state index in [2.05, 4.69) is 26.5 Å². The number of hydrogen-bond donors (Lipinski definition) is 0. The molecule has 2 aliphatic rings. The summed E-state index contributed by atoms with van der Waals surface area (Å²) in [5.74, 6) is -0.595. The van der Waals surface area contributed by atoms with Gasteiger partial charge in [0.15, 0.2) is 0 Å². The first-order valence-corrected chi connectivity index (χ1v) is 13.2. The van der Waals surface area contributed by atoms with E-state index in [1.165, 1.54) is 55.0 Å². The van der Waals surface area contributed by atoms with Crippen molar-refractivity contribution in [2.24, 2.45) is 5.41 Å². The van der Waals surface area contributed by atoms with Crippen LogP contribution in [0.2, 0.25) is 0 Å². The van der Waals surface area contributed by atoms with Crippen molar-refractivity contribution in [3.05, 3.63) is 106 Å². The lowest BCUT2D eigenvalue weighted by Gasteiger charge is -2.31. The minimum atomic E-state index is -0.424. The Morgan fingerprint density at radius 3 is 2.11 bits per heavy atom. The zero-order valence-corrected chi connectivity index (χ0v) is 23.6. The first kappa shape index (κ1) is 33.0. The second-order valence-corrected chi connectivity index (χ2v) is 8.71. The van der Waals surface area contributed by atoms with Crippen LogP contribution in [-0.2, 0) is 6.42 Å². The van der Waals surface area contributed by atoms with E-state index in [1.807, 2.05) is 53.7 Å². The standard InChI is InChI=1S/C13H18.C9H8FN.C7H7F.2C2H6/c1-4-11-9-13(3)7-5-6-12(13)8-10(11)2;1-2-7-4-3-5-9(10)8(7)6-11;1-6-2-4-7(8)5-3-6;2*1-2/h4,8H,1,5-7,9H2,2-3H3;3-5H,2H2,1H3;2-5H,1H3;2*1-2H3. The van der Waals surface area contributed by atoms with E-state index in [-0.39, 0.29) is 11.4 Å². The molecule has 1 nitrogen and oxygen atoms in total. The highest BCUT2D eigenvalue weighted by Gasteiger charge is 2.36. The Bertz CT molecular complexity index is 1020. The fraction of sp³-hybridized carbons (Fsp3) is 0.424. The number of nitrogens with zero attached hydrogens (tertiary/aromatic N) is 1. The van der Waals surface area contributed by atoms with Crippen molar-refractivity contribution in [1.82, 2.24) is 0 Å². The van der Waals surface area contributed by atoms with Gasteiger partial charge in [0.2, 0.25) is 0 Å². The minimum absolute atomic E-state index is 0.171. The first-order valence-electron chi connectivity index (χ1n) is 13.2. The molecule has 0 aliphatic heterocycles. The van der Waals surface area contributed by atoms with Crippen molar-refractivity contribution in [2.45, 2.75) is 87.5 Å². The maximum atomic E-state index is 12.8. The molecule has 1 atom stereocenters. The quantitative estimate of drug-likeness (QED) is 0.408. The summed E-state index contributed by atoms with van der Waals surface area (Å²) >= 11 is 0. The smallest absolute Gasteiger partial charge is 0.141 e. The summed E-state index contributed by atoms with van der Waals surface area (Å²) in [5.41, 5.74) is 7.07. The number of hydrogen-bond acceptors (Lipinski definition) is 1. The van der Waals surface area contributed by atoms with Crippen LogP contribution in [0.3, 0.4) is 0 Å². The maximum Gasteiger partial charge on any atom is 0.141 e. The lowest BCUT2D eigenvalue weighted by Crippen LogP contribution is -2.18. The van der Waals surface area contributed by atoms with Crippen LogP contribution in [-0.4, -0.2) is 0 Å². The van der Waals surface area contributed by atoms with Gasteiger partial charge in [-0.3, -0.25) is 0 Å². The highest BCUT2D eigenvalue weighted by Crippen LogP contribution is 2.50. The van der Waals surface area contributed by atoms with Crippen LogP contribution in [0.15, 0.2) is 77.9 Å². The van der Waals surface area contributed by atoms with Crippen LogP contribution in [0, 0.1) is 35.3 Å². The highest BCUT2D eigenvalue weighted by molar-refractivity contribution is 5.42. The number of fused-ring (bicyclic) bond motifs is 1.